The van der Waals surface area contributed by atoms with Gasteiger partial charge in [0.2, 0.25) is 12.5 Å². The molecular formula is C29H28N2O6. The Labute approximate surface area is 215 Å². The number of Topliss-reactive ketones (excluding diaryl/α,β-unsaturated/α-hetero) is 1. The minimum atomic E-state index is -0.339. The van der Waals surface area contributed by atoms with E-state index in [0.717, 1.165) is 33.8 Å². The minimum absolute atomic E-state index is 0.0601. The molecule has 0 radical (unpaired) electrons. The molecule has 0 bridgehead atoms. The van der Waals surface area contributed by atoms with E-state index >= 15 is 0 Å². The van der Waals surface area contributed by atoms with E-state index in [-0.39, 0.29) is 24.5 Å². The van der Waals surface area contributed by atoms with Gasteiger partial charge in [-0.3, -0.25) is 4.79 Å². The van der Waals surface area contributed by atoms with Crippen molar-refractivity contribution in [2.24, 2.45) is 0 Å². The molecule has 3 aromatic rings. The second-order valence-corrected chi connectivity index (χ2v) is 9.24. The number of anilines is 2. The maximum Gasteiger partial charge on any atom is 0.231 e. The summed E-state index contributed by atoms with van der Waals surface area (Å²) in [5.41, 5.74) is 5.39. The van der Waals surface area contributed by atoms with Crippen molar-refractivity contribution < 1.29 is 28.5 Å². The van der Waals surface area contributed by atoms with Crippen LogP contribution in [0.15, 0.2) is 65.9 Å². The van der Waals surface area contributed by atoms with Crippen molar-refractivity contribution in [1.82, 2.24) is 0 Å². The minimum Gasteiger partial charge on any atom is -0.493 e. The number of methoxy groups -OCH3 is 3. The van der Waals surface area contributed by atoms with Crippen molar-refractivity contribution in [2.45, 2.75) is 24.8 Å². The number of hydrogen-bond acceptors (Lipinski definition) is 8. The van der Waals surface area contributed by atoms with E-state index < -0.39 is 0 Å². The van der Waals surface area contributed by atoms with Gasteiger partial charge in [0.1, 0.15) is 0 Å². The molecule has 0 spiro atoms. The quantitative estimate of drug-likeness (QED) is 0.480. The highest BCUT2D eigenvalue weighted by atomic mass is 16.7. The van der Waals surface area contributed by atoms with Crippen molar-refractivity contribution in [3.63, 3.8) is 0 Å². The molecule has 8 heteroatoms. The molecule has 2 heterocycles. The fraction of sp³-hybridized carbons (Fsp3) is 0.276. The Morgan fingerprint density at radius 1 is 0.811 bits per heavy atom. The summed E-state index contributed by atoms with van der Waals surface area (Å²) in [5.74, 6) is 3.09. The first-order valence-corrected chi connectivity index (χ1v) is 12.2. The van der Waals surface area contributed by atoms with Gasteiger partial charge < -0.3 is 34.3 Å². The standard InChI is InChI=1S/C29H28N2O6/c1-33-25-13-18(14-26(34-2)29(25)35-3)17-10-21-27(22(32)11-17)28(31-20-7-5-4-6-19(20)30-21)16-8-9-23-24(12-16)37-15-36-23/h4-9,12-14,17,28,30-31H,10-11,15H2,1-3H3/t17-,28-/m1/s1. The van der Waals surface area contributed by atoms with Crippen LogP contribution in [0.5, 0.6) is 28.7 Å². The smallest absolute Gasteiger partial charge is 0.231 e. The summed E-state index contributed by atoms with van der Waals surface area (Å²) in [6.45, 7) is 0.199. The summed E-state index contributed by atoms with van der Waals surface area (Å²) >= 11 is 0. The molecule has 2 atom stereocenters. The summed E-state index contributed by atoms with van der Waals surface area (Å²) in [7, 11) is 4.77. The van der Waals surface area contributed by atoms with Crippen LogP contribution < -0.4 is 34.3 Å². The summed E-state index contributed by atoms with van der Waals surface area (Å²) in [6.07, 6.45) is 1.01. The van der Waals surface area contributed by atoms with Crippen molar-refractivity contribution in [2.75, 3.05) is 38.8 Å². The molecule has 0 fully saturated rings. The van der Waals surface area contributed by atoms with Gasteiger partial charge in [0.25, 0.3) is 0 Å². The Kier molecular flexibility index (Phi) is 5.79. The average Bonchev–Trinajstić information content (AvgIpc) is 3.32. The van der Waals surface area contributed by atoms with Gasteiger partial charge in [-0.1, -0.05) is 18.2 Å². The molecular weight excluding hydrogens is 472 g/mol. The zero-order valence-electron chi connectivity index (χ0n) is 20.9. The zero-order chi connectivity index (χ0) is 25.5. The van der Waals surface area contributed by atoms with Gasteiger partial charge in [0, 0.05) is 17.7 Å². The van der Waals surface area contributed by atoms with Gasteiger partial charge in [0.05, 0.1) is 38.7 Å². The maximum atomic E-state index is 13.9. The molecule has 0 amide bonds. The van der Waals surface area contributed by atoms with Crippen LogP contribution in [0.3, 0.4) is 0 Å². The molecule has 190 valence electrons. The van der Waals surface area contributed by atoms with Gasteiger partial charge >= 0.3 is 0 Å². The highest BCUT2D eigenvalue weighted by molar-refractivity contribution is 6.01. The lowest BCUT2D eigenvalue weighted by atomic mass is 9.78. The molecule has 0 aromatic heterocycles. The Bertz CT molecular complexity index is 1390. The highest BCUT2D eigenvalue weighted by Gasteiger charge is 2.37. The number of nitrogens with one attached hydrogen (secondary N) is 2. The second-order valence-electron chi connectivity index (χ2n) is 9.24. The van der Waals surface area contributed by atoms with Gasteiger partial charge in [-0.2, -0.15) is 0 Å². The predicted molar refractivity (Wildman–Crippen MR) is 139 cm³/mol. The lowest BCUT2D eigenvalue weighted by Gasteiger charge is -2.30. The highest BCUT2D eigenvalue weighted by Crippen LogP contribution is 2.48. The van der Waals surface area contributed by atoms with Crippen LogP contribution in [-0.4, -0.2) is 33.9 Å². The molecule has 2 aliphatic heterocycles. The fourth-order valence-corrected chi connectivity index (χ4v) is 5.41. The molecule has 37 heavy (non-hydrogen) atoms. The topological polar surface area (TPSA) is 87.3 Å². The number of ether oxygens (including phenoxy) is 5. The van der Waals surface area contributed by atoms with Gasteiger partial charge in [0.15, 0.2) is 28.8 Å². The molecule has 0 saturated carbocycles. The Morgan fingerprint density at radius 2 is 1.54 bits per heavy atom. The third-order valence-corrected chi connectivity index (χ3v) is 7.20. The molecule has 3 aromatic carbocycles. The molecule has 8 nitrogen and oxygen atoms in total. The van der Waals surface area contributed by atoms with Crippen LogP contribution in [-0.2, 0) is 4.79 Å². The molecule has 0 unspecified atom stereocenters. The lowest BCUT2D eigenvalue weighted by Crippen LogP contribution is -2.27. The van der Waals surface area contributed by atoms with E-state index in [2.05, 4.69) is 10.6 Å². The van der Waals surface area contributed by atoms with E-state index in [9.17, 15) is 4.79 Å². The fourth-order valence-electron chi connectivity index (χ4n) is 5.41. The summed E-state index contributed by atoms with van der Waals surface area (Å²) in [4.78, 5) is 13.9. The number of benzene rings is 3. The van der Waals surface area contributed by atoms with Crippen LogP contribution >= 0.6 is 0 Å². The summed E-state index contributed by atoms with van der Waals surface area (Å²) in [5, 5.41) is 7.19. The van der Waals surface area contributed by atoms with Crippen LogP contribution in [0.4, 0.5) is 11.4 Å². The maximum absolute atomic E-state index is 13.9. The Hall–Kier alpha value is -4.33. The van der Waals surface area contributed by atoms with E-state index in [0.29, 0.717) is 41.6 Å². The number of hydrogen-bond donors (Lipinski definition) is 2. The second kappa shape index (κ2) is 9.28. The van der Waals surface area contributed by atoms with Crippen molar-refractivity contribution in [1.29, 1.82) is 0 Å². The summed E-state index contributed by atoms with van der Waals surface area (Å²) in [6, 6.07) is 17.4. The molecule has 3 aliphatic rings. The van der Waals surface area contributed by atoms with Crippen molar-refractivity contribution in [3.05, 3.63) is 77.0 Å². The zero-order valence-corrected chi connectivity index (χ0v) is 20.9. The van der Waals surface area contributed by atoms with E-state index in [4.69, 9.17) is 23.7 Å². The molecule has 2 N–H and O–H groups in total. The molecule has 6 rings (SSSR count). The predicted octanol–water partition coefficient (Wildman–Crippen LogP) is 5.42. The largest absolute Gasteiger partial charge is 0.493 e. The van der Waals surface area contributed by atoms with Crippen LogP contribution in [0.2, 0.25) is 0 Å². The number of rotatable bonds is 5. The number of allylic oxidation sites excluding steroid dienone is 1. The van der Waals surface area contributed by atoms with Crippen molar-refractivity contribution in [3.8, 4) is 28.7 Å². The third kappa shape index (κ3) is 3.98. The first-order chi connectivity index (χ1) is 18.1. The third-order valence-electron chi connectivity index (χ3n) is 7.20. The Morgan fingerprint density at radius 3 is 2.27 bits per heavy atom. The normalized spacial score (nSPS) is 19.7. The lowest BCUT2D eigenvalue weighted by molar-refractivity contribution is -0.116. The van der Waals surface area contributed by atoms with Gasteiger partial charge in [-0.05, 0) is 59.9 Å². The number of para-hydroxylation sites is 2. The average molecular weight is 501 g/mol. The Balaban J connectivity index is 1.44. The van der Waals surface area contributed by atoms with Gasteiger partial charge in [-0.15, -0.1) is 0 Å². The van der Waals surface area contributed by atoms with Gasteiger partial charge in [-0.25, -0.2) is 0 Å². The van der Waals surface area contributed by atoms with E-state index in [1.807, 2.05) is 54.6 Å². The number of carbonyl (C=O) groups is 1. The number of carbonyl (C=O) groups excluding carboxylic acids is 1. The van der Waals surface area contributed by atoms with Crippen molar-refractivity contribution >= 4 is 17.2 Å². The van der Waals surface area contributed by atoms with E-state index in [1.54, 1.807) is 21.3 Å². The molecule has 0 saturated heterocycles. The summed E-state index contributed by atoms with van der Waals surface area (Å²) < 4.78 is 27.8. The first-order valence-electron chi connectivity index (χ1n) is 12.2. The molecule has 1 aliphatic carbocycles. The van der Waals surface area contributed by atoms with Crippen LogP contribution in [0, 0.1) is 0 Å². The SMILES string of the molecule is COc1cc([C@H]2CC(=O)C3=C(C2)Nc2ccccc2N[C@@H]3c2ccc3c(c2)OCO3)cc(OC)c1OC. The number of ketones is 1. The monoisotopic (exact) mass is 500 g/mol. The van der Waals surface area contributed by atoms with E-state index in [1.165, 1.54) is 0 Å². The number of fused-ring (bicyclic) bond motifs is 2. The first kappa shape index (κ1) is 23.1. The van der Waals surface area contributed by atoms with Crippen LogP contribution in [0.1, 0.15) is 35.9 Å². The van der Waals surface area contributed by atoms with Crippen LogP contribution in [0.25, 0.3) is 0 Å².